The fourth-order valence-corrected chi connectivity index (χ4v) is 4.02. The van der Waals surface area contributed by atoms with Crippen LogP contribution in [0.2, 0.25) is 0 Å². The molecule has 3 aromatic rings. The van der Waals surface area contributed by atoms with Crippen molar-refractivity contribution in [2.45, 2.75) is 93.9 Å². The lowest BCUT2D eigenvalue weighted by Crippen LogP contribution is -1.93. The van der Waals surface area contributed by atoms with Crippen LogP contribution in [0.4, 0.5) is 0 Å². The topological polar surface area (TPSA) is 0 Å². The number of benzene rings is 3. The Balaban J connectivity index is 0.000000240. The Kier molecular flexibility index (Phi) is 11.5. The fourth-order valence-electron chi connectivity index (χ4n) is 4.02. The number of rotatable bonds is 3. The summed E-state index contributed by atoms with van der Waals surface area (Å²) in [5.74, 6) is 1.95. The predicted molar refractivity (Wildman–Crippen MR) is 145 cm³/mol. The Hall–Kier alpha value is -2.34. The summed E-state index contributed by atoms with van der Waals surface area (Å²) in [4.78, 5) is 0. The molecule has 0 radical (unpaired) electrons. The first kappa shape index (κ1) is 27.7. The molecule has 0 N–H and O–H groups in total. The minimum Gasteiger partial charge on any atom is -0.0620 e. The lowest BCUT2D eigenvalue weighted by atomic mass is 9.95. The van der Waals surface area contributed by atoms with Gasteiger partial charge in [-0.3, -0.25) is 0 Å². The second-order valence-corrected chi connectivity index (χ2v) is 9.97. The zero-order chi connectivity index (χ0) is 24.4. The molecule has 0 unspecified atom stereocenters. The molecule has 3 aromatic carbocycles. The van der Waals surface area contributed by atoms with Gasteiger partial charge >= 0.3 is 0 Å². The molecule has 0 aliphatic heterocycles. The summed E-state index contributed by atoms with van der Waals surface area (Å²) in [5, 5.41) is 0. The third-order valence-electron chi connectivity index (χ3n) is 6.14. The van der Waals surface area contributed by atoms with Gasteiger partial charge in [-0.1, -0.05) is 108 Å². The molecule has 0 aromatic heterocycles. The van der Waals surface area contributed by atoms with Gasteiger partial charge in [0.1, 0.15) is 0 Å². The molecule has 0 spiro atoms. The van der Waals surface area contributed by atoms with Gasteiger partial charge in [0.05, 0.1) is 0 Å². The van der Waals surface area contributed by atoms with Crippen molar-refractivity contribution in [3.8, 4) is 0 Å². The summed E-state index contributed by atoms with van der Waals surface area (Å²) in [5.41, 5.74) is 11.4. The molecule has 0 heteroatoms. The van der Waals surface area contributed by atoms with Gasteiger partial charge in [-0.05, 0) is 91.3 Å². The normalized spacial score (nSPS) is 10.6. The van der Waals surface area contributed by atoms with E-state index in [2.05, 4.69) is 137 Å². The van der Waals surface area contributed by atoms with Crippen molar-refractivity contribution < 1.29 is 0 Å². The highest BCUT2D eigenvalue weighted by Gasteiger charge is 2.03. The standard InChI is InChI=1S/2C11H16.C10H14/c1-8(2)11-7-9(3)5-6-10(11)4;1-8(2)11-7-5-6-9(3)10(11)4;1-8(2)10-7-5-4-6-9(10)3/h2*5-8H,1-4H3;4-8H,1-3H3. The Bertz CT molecular complexity index is 952. The Morgan fingerprint density at radius 3 is 1.34 bits per heavy atom. The van der Waals surface area contributed by atoms with Gasteiger partial charge in [0.25, 0.3) is 0 Å². The van der Waals surface area contributed by atoms with E-state index in [0.717, 1.165) is 0 Å². The molecule has 0 amide bonds. The van der Waals surface area contributed by atoms with Gasteiger partial charge in [-0.25, -0.2) is 0 Å². The molecular weight excluding hydrogens is 384 g/mol. The molecule has 0 nitrogen and oxygen atoms in total. The Morgan fingerprint density at radius 1 is 0.438 bits per heavy atom. The molecule has 3 rings (SSSR count). The first-order valence-corrected chi connectivity index (χ1v) is 12.1. The van der Waals surface area contributed by atoms with E-state index in [-0.39, 0.29) is 0 Å². The van der Waals surface area contributed by atoms with E-state index in [1.807, 2.05) is 0 Å². The summed E-state index contributed by atoms with van der Waals surface area (Å²) in [6, 6.07) is 21.7. The van der Waals surface area contributed by atoms with Gasteiger partial charge < -0.3 is 0 Å². The van der Waals surface area contributed by atoms with Gasteiger partial charge in [0, 0.05) is 0 Å². The number of hydrogen-bond donors (Lipinski definition) is 0. The van der Waals surface area contributed by atoms with Gasteiger partial charge in [-0.15, -0.1) is 0 Å². The fraction of sp³-hybridized carbons (Fsp3) is 0.438. The molecule has 0 saturated carbocycles. The van der Waals surface area contributed by atoms with Crippen LogP contribution in [0.1, 0.15) is 104 Å². The monoisotopic (exact) mass is 430 g/mol. The minimum atomic E-state index is 0.648. The van der Waals surface area contributed by atoms with Crippen LogP contribution in [-0.2, 0) is 0 Å². The van der Waals surface area contributed by atoms with Gasteiger partial charge in [0.2, 0.25) is 0 Å². The highest BCUT2D eigenvalue weighted by Crippen LogP contribution is 2.21. The zero-order valence-corrected chi connectivity index (χ0v) is 22.5. The summed E-state index contributed by atoms with van der Waals surface area (Å²) in [6.07, 6.45) is 0. The van der Waals surface area contributed by atoms with Gasteiger partial charge in [0.15, 0.2) is 0 Å². The lowest BCUT2D eigenvalue weighted by Gasteiger charge is -2.10. The average Bonchev–Trinajstić information content (AvgIpc) is 2.72. The average molecular weight is 431 g/mol. The van der Waals surface area contributed by atoms with E-state index in [0.29, 0.717) is 17.8 Å². The quantitative estimate of drug-likeness (QED) is 0.388. The van der Waals surface area contributed by atoms with E-state index in [1.165, 1.54) is 44.5 Å². The summed E-state index contributed by atoms with van der Waals surface area (Å²) in [7, 11) is 0. The van der Waals surface area contributed by atoms with Crippen molar-refractivity contribution in [1.82, 2.24) is 0 Å². The second-order valence-electron chi connectivity index (χ2n) is 9.97. The third kappa shape index (κ3) is 8.65. The van der Waals surface area contributed by atoms with Crippen LogP contribution in [0.25, 0.3) is 0 Å². The van der Waals surface area contributed by atoms with Crippen molar-refractivity contribution >= 4 is 0 Å². The van der Waals surface area contributed by atoms with Gasteiger partial charge in [-0.2, -0.15) is 0 Å². The van der Waals surface area contributed by atoms with Crippen LogP contribution in [-0.4, -0.2) is 0 Å². The first-order chi connectivity index (χ1) is 15.0. The summed E-state index contributed by atoms with van der Waals surface area (Å²) >= 11 is 0. The SMILES string of the molecule is Cc1ccc(C)c(C(C)C)c1.Cc1cccc(C(C)C)c1C.Cc1ccccc1C(C)C. The van der Waals surface area contributed by atoms with E-state index in [4.69, 9.17) is 0 Å². The van der Waals surface area contributed by atoms with Crippen LogP contribution < -0.4 is 0 Å². The summed E-state index contributed by atoms with van der Waals surface area (Å²) in [6.45, 7) is 24.2. The molecule has 32 heavy (non-hydrogen) atoms. The van der Waals surface area contributed by atoms with E-state index < -0.39 is 0 Å². The second kappa shape index (κ2) is 13.3. The Morgan fingerprint density at radius 2 is 0.906 bits per heavy atom. The molecule has 174 valence electrons. The largest absolute Gasteiger partial charge is 0.0620 e. The van der Waals surface area contributed by atoms with Crippen LogP contribution in [0.5, 0.6) is 0 Å². The third-order valence-corrected chi connectivity index (χ3v) is 6.14. The van der Waals surface area contributed by atoms with Crippen LogP contribution in [0, 0.1) is 34.6 Å². The molecule has 0 saturated heterocycles. The van der Waals surface area contributed by atoms with Crippen molar-refractivity contribution in [1.29, 1.82) is 0 Å². The maximum absolute atomic E-state index is 2.28. The highest BCUT2D eigenvalue weighted by molar-refractivity contribution is 5.35. The van der Waals surface area contributed by atoms with E-state index in [1.54, 1.807) is 0 Å². The van der Waals surface area contributed by atoms with Crippen molar-refractivity contribution in [3.05, 3.63) is 105 Å². The molecule has 0 bridgehead atoms. The number of aryl methyl sites for hydroxylation is 4. The summed E-state index contributed by atoms with van der Waals surface area (Å²) < 4.78 is 0. The smallest absolute Gasteiger partial charge is 0.0216 e. The van der Waals surface area contributed by atoms with Crippen molar-refractivity contribution in [2.75, 3.05) is 0 Å². The van der Waals surface area contributed by atoms with E-state index in [9.17, 15) is 0 Å². The van der Waals surface area contributed by atoms with Crippen LogP contribution >= 0.6 is 0 Å². The molecule has 0 atom stereocenters. The van der Waals surface area contributed by atoms with Crippen molar-refractivity contribution in [2.24, 2.45) is 0 Å². The maximum atomic E-state index is 2.28. The molecule has 0 aliphatic carbocycles. The maximum Gasteiger partial charge on any atom is -0.0216 e. The van der Waals surface area contributed by atoms with Crippen LogP contribution in [0.3, 0.4) is 0 Å². The zero-order valence-electron chi connectivity index (χ0n) is 22.5. The van der Waals surface area contributed by atoms with E-state index >= 15 is 0 Å². The number of hydrogen-bond acceptors (Lipinski definition) is 0. The predicted octanol–water partition coefficient (Wildman–Crippen LogP) is 9.97. The minimum absolute atomic E-state index is 0.648. The highest BCUT2D eigenvalue weighted by atomic mass is 14.1. The lowest BCUT2D eigenvalue weighted by molar-refractivity contribution is 0.854. The van der Waals surface area contributed by atoms with Crippen LogP contribution in [0.15, 0.2) is 60.7 Å². The van der Waals surface area contributed by atoms with Crippen molar-refractivity contribution in [3.63, 3.8) is 0 Å². The molecule has 0 aliphatic rings. The molecular formula is C32H46. The Labute approximate surface area is 199 Å². The first-order valence-electron chi connectivity index (χ1n) is 12.1. The molecule has 0 fully saturated rings. The molecule has 0 heterocycles.